The van der Waals surface area contributed by atoms with Crippen LogP contribution < -0.4 is 11.1 Å². The highest BCUT2D eigenvalue weighted by Crippen LogP contribution is 2.24. The van der Waals surface area contributed by atoms with Gasteiger partial charge in [0.1, 0.15) is 0 Å². The Bertz CT molecular complexity index is 293. The Morgan fingerprint density at radius 1 is 1.30 bits per heavy atom. The molecule has 0 aromatic rings. The van der Waals surface area contributed by atoms with E-state index in [1.165, 1.54) is 32.1 Å². The van der Waals surface area contributed by atoms with Crippen molar-refractivity contribution in [3.63, 3.8) is 0 Å². The van der Waals surface area contributed by atoms with Crippen molar-refractivity contribution in [2.45, 2.75) is 83.8 Å². The maximum atomic E-state index is 12.1. The van der Waals surface area contributed by atoms with E-state index in [-0.39, 0.29) is 17.5 Å². The van der Waals surface area contributed by atoms with Gasteiger partial charge in [-0.2, -0.15) is 0 Å². The number of nitrogens with zero attached hydrogens (tertiary/aromatic N) is 1. The number of rotatable bonds is 6. The maximum absolute atomic E-state index is 12.1. The van der Waals surface area contributed by atoms with Gasteiger partial charge in [0.15, 0.2) is 0 Å². The third-order valence-electron chi connectivity index (χ3n) is 4.09. The number of amides is 1. The van der Waals surface area contributed by atoms with Gasteiger partial charge in [-0.15, -0.1) is 0 Å². The van der Waals surface area contributed by atoms with E-state index in [1.807, 2.05) is 20.8 Å². The Hall–Kier alpha value is -0.610. The molecule has 4 nitrogen and oxygen atoms in total. The fourth-order valence-corrected chi connectivity index (χ4v) is 3.25. The predicted molar refractivity (Wildman–Crippen MR) is 84.6 cm³/mol. The minimum atomic E-state index is -0.169. The molecule has 0 saturated heterocycles. The fourth-order valence-electron chi connectivity index (χ4n) is 3.25. The topological polar surface area (TPSA) is 58.4 Å². The molecule has 0 aromatic heterocycles. The van der Waals surface area contributed by atoms with Crippen LogP contribution in [0.15, 0.2) is 0 Å². The van der Waals surface area contributed by atoms with E-state index in [0.717, 1.165) is 6.54 Å². The smallest absolute Gasteiger partial charge is 0.222 e. The molecule has 0 aromatic carbocycles. The van der Waals surface area contributed by atoms with Crippen molar-refractivity contribution in [1.82, 2.24) is 10.2 Å². The van der Waals surface area contributed by atoms with Crippen molar-refractivity contribution in [2.75, 3.05) is 13.1 Å². The first-order valence-corrected chi connectivity index (χ1v) is 8.14. The Morgan fingerprint density at radius 3 is 2.35 bits per heavy atom. The minimum Gasteiger partial charge on any atom is -0.351 e. The third kappa shape index (κ3) is 5.80. The highest BCUT2D eigenvalue weighted by atomic mass is 16.1. The molecule has 0 spiro atoms. The summed E-state index contributed by atoms with van der Waals surface area (Å²) in [5.74, 6) is 0.113. The molecule has 3 N–H and O–H groups in total. The Labute approximate surface area is 124 Å². The Balaban J connectivity index is 2.59. The second-order valence-electron chi connectivity index (χ2n) is 7.01. The van der Waals surface area contributed by atoms with Crippen molar-refractivity contribution < 1.29 is 4.79 Å². The molecule has 0 bridgehead atoms. The zero-order valence-electron chi connectivity index (χ0n) is 13.7. The van der Waals surface area contributed by atoms with Crippen LogP contribution in [0.3, 0.4) is 0 Å². The van der Waals surface area contributed by atoms with Crippen LogP contribution in [0.5, 0.6) is 0 Å². The lowest BCUT2D eigenvalue weighted by Gasteiger charge is -2.39. The number of nitrogens with two attached hydrogens (primary N) is 1. The molecule has 118 valence electrons. The summed E-state index contributed by atoms with van der Waals surface area (Å²) in [5.41, 5.74) is 5.78. The van der Waals surface area contributed by atoms with Gasteiger partial charge in [-0.05, 0) is 40.2 Å². The zero-order valence-corrected chi connectivity index (χ0v) is 13.7. The van der Waals surface area contributed by atoms with E-state index in [0.29, 0.717) is 19.0 Å². The summed E-state index contributed by atoms with van der Waals surface area (Å²) in [4.78, 5) is 14.6. The van der Waals surface area contributed by atoms with E-state index in [1.54, 1.807) is 0 Å². The van der Waals surface area contributed by atoms with Gasteiger partial charge in [-0.3, -0.25) is 9.69 Å². The average molecular weight is 283 g/mol. The Morgan fingerprint density at radius 2 is 1.90 bits per heavy atom. The number of likely N-dealkylation sites (N-methyl/N-ethyl adjacent to an activating group) is 1. The summed E-state index contributed by atoms with van der Waals surface area (Å²) in [7, 11) is 0. The summed E-state index contributed by atoms with van der Waals surface area (Å²) in [6.07, 6.45) is 7.00. The molecule has 1 fully saturated rings. The van der Waals surface area contributed by atoms with Gasteiger partial charge in [0.25, 0.3) is 0 Å². The van der Waals surface area contributed by atoms with Crippen LogP contribution in [-0.2, 0) is 4.79 Å². The summed E-state index contributed by atoms with van der Waals surface area (Å²) >= 11 is 0. The monoisotopic (exact) mass is 283 g/mol. The van der Waals surface area contributed by atoms with E-state index in [2.05, 4.69) is 17.1 Å². The van der Waals surface area contributed by atoms with Crippen molar-refractivity contribution in [2.24, 2.45) is 5.73 Å². The van der Waals surface area contributed by atoms with Gasteiger partial charge >= 0.3 is 0 Å². The van der Waals surface area contributed by atoms with Crippen LogP contribution in [-0.4, -0.2) is 41.5 Å². The SMILES string of the molecule is CCN(C1CCCCC1)C(CN)CC(=O)NC(C)(C)C. The largest absolute Gasteiger partial charge is 0.351 e. The van der Waals surface area contributed by atoms with Crippen LogP contribution in [0.1, 0.15) is 66.2 Å². The lowest BCUT2D eigenvalue weighted by Crippen LogP contribution is -2.51. The van der Waals surface area contributed by atoms with Crippen molar-refractivity contribution in [3.8, 4) is 0 Å². The number of carbonyl (C=O) groups excluding carboxylic acids is 1. The molecule has 0 aliphatic heterocycles. The quantitative estimate of drug-likeness (QED) is 0.786. The number of hydrogen-bond donors (Lipinski definition) is 2. The minimum absolute atomic E-state index is 0.113. The van der Waals surface area contributed by atoms with Gasteiger partial charge in [0.2, 0.25) is 5.91 Å². The molecular formula is C16H33N3O. The average Bonchev–Trinajstić information content (AvgIpc) is 2.37. The maximum Gasteiger partial charge on any atom is 0.222 e. The normalized spacial score (nSPS) is 19.1. The van der Waals surface area contributed by atoms with Crippen LogP contribution in [0.2, 0.25) is 0 Å². The van der Waals surface area contributed by atoms with E-state index >= 15 is 0 Å². The molecule has 1 unspecified atom stereocenters. The van der Waals surface area contributed by atoms with Crippen molar-refractivity contribution in [1.29, 1.82) is 0 Å². The van der Waals surface area contributed by atoms with E-state index < -0.39 is 0 Å². The first kappa shape index (κ1) is 17.4. The molecule has 20 heavy (non-hydrogen) atoms. The second-order valence-corrected chi connectivity index (χ2v) is 7.01. The third-order valence-corrected chi connectivity index (χ3v) is 4.09. The number of carbonyl (C=O) groups is 1. The second kappa shape index (κ2) is 7.99. The molecule has 1 rings (SSSR count). The van der Waals surface area contributed by atoms with Crippen molar-refractivity contribution >= 4 is 5.91 Å². The van der Waals surface area contributed by atoms with Gasteiger partial charge in [0.05, 0.1) is 0 Å². The molecular weight excluding hydrogens is 250 g/mol. The molecule has 0 heterocycles. The summed E-state index contributed by atoms with van der Waals surface area (Å²) in [6.45, 7) is 9.76. The predicted octanol–water partition coefficient (Wildman–Crippen LogP) is 2.27. The van der Waals surface area contributed by atoms with Gasteiger partial charge in [-0.25, -0.2) is 0 Å². The van der Waals surface area contributed by atoms with Crippen LogP contribution >= 0.6 is 0 Å². The molecule has 1 aliphatic rings. The summed E-state index contributed by atoms with van der Waals surface area (Å²) in [6, 6.07) is 0.787. The van der Waals surface area contributed by atoms with Gasteiger partial charge < -0.3 is 11.1 Å². The molecule has 1 saturated carbocycles. The Kier molecular flexibility index (Phi) is 6.96. The van der Waals surface area contributed by atoms with Crippen LogP contribution in [0.4, 0.5) is 0 Å². The fraction of sp³-hybridized carbons (Fsp3) is 0.938. The number of nitrogens with one attached hydrogen (secondary N) is 1. The molecule has 1 atom stereocenters. The first-order chi connectivity index (χ1) is 9.37. The lowest BCUT2D eigenvalue weighted by molar-refractivity contribution is -0.124. The van der Waals surface area contributed by atoms with Crippen LogP contribution in [0.25, 0.3) is 0 Å². The highest BCUT2D eigenvalue weighted by molar-refractivity contribution is 5.77. The molecule has 1 amide bonds. The molecule has 4 heteroatoms. The zero-order chi connectivity index (χ0) is 15.2. The molecule has 0 radical (unpaired) electrons. The summed E-state index contributed by atoms with van der Waals surface area (Å²) < 4.78 is 0. The van der Waals surface area contributed by atoms with Gasteiger partial charge in [-0.1, -0.05) is 26.2 Å². The number of hydrogen-bond acceptors (Lipinski definition) is 3. The lowest BCUT2D eigenvalue weighted by atomic mass is 9.92. The van der Waals surface area contributed by atoms with Crippen LogP contribution in [0, 0.1) is 0 Å². The highest BCUT2D eigenvalue weighted by Gasteiger charge is 2.28. The van der Waals surface area contributed by atoms with E-state index in [4.69, 9.17) is 5.73 Å². The van der Waals surface area contributed by atoms with Crippen molar-refractivity contribution in [3.05, 3.63) is 0 Å². The van der Waals surface area contributed by atoms with Gasteiger partial charge in [0, 0.05) is 30.6 Å². The summed E-state index contributed by atoms with van der Waals surface area (Å²) in [5, 5.41) is 3.04. The van der Waals surface area contributed by atoms with E-state index in [9.17, 15) is 4.79 Å². The standard InChI is InChI=1S/C16H33N3O/c1-5-19(13-9-7-6-8-10-13)14(12-17)11-15(20)18-16(2,3)4/h13-14H,5-12,17H2,1-4H3,(H,18,20). The molecule has 1 aliphatic carbocycles. The first-order valence-electron chi connectivity index (χ1n) is 8.14.